The van der Waals surface area contributed by atoms with Crippen LogP contribution in [-0.4, -0.2) is 21.1 Å². The molecule has 0 N–H and O–H groups in total. The average Bonchev–Trinajstić information content (AvgIpc) is 2.71. The molecule has 2 aromatic rings. The molecule has 0 amide bonds. The Bertz CT molecular complexity index is 622. The van der Waals surface area contributed by atoms with Gasteiger partial charge in [0.15, 0.2) is 5.82 Å². The Balaban J connectivity index is 2.31. The summed E-state index contributed by atoms with van der Waals surface area (Å²) in [6, 6.07) is 7.16. The third-order valence-corrected chi connectivity index (χ3v) is 2.36. The molecule has 0 aliphatic rings. The van der Waals surface area contributed by atoms with Gasteiger partial charge in [-0.15, -0.1) is 10.2 Å². The van der Waals surface area contributed by atoms with Crippen molar-refractivity contribution in [2.75, 3.05) is 0 Å². The molecule has 1 heterocycles. The van der Waals surface area contributed by atoms with Crippen molar-refractivity contribution in [1.29, 1.82) is 0 Å². The van der Waals surface area contributed by atoms with E-state index in [1.54, 1.807) is 25.3 Å². The first-order chi connectivity index (χ1) is 8.70. The molecule has 8 heteroatoms. The first-order valence-corrected chi connectivity index (χ1v) is 5.35. The number of hydrogen-bond acceptors (Lipinski definition) is 4. The van der Waals surface area contributed by atoms with Crippen LogP contribution in [0, 0.1) is 6.92 Å². The lowest BCUT2D eigenvalue weighted by Gasteiger charge is -1.97. The minimum Gasteiger partial charge on any atom is -0.195 e. The summed E-state index contributed by atoms with van der Waals surface area (Å²) in [4.78, 5) is 2.66. The van der Waals surface area contributed by atoms with E-state index in [2.05, 4.69) is 25.3 Å². The van der Waals surface area contributed by atoms with Crippen LogP contribution in [0.5, 0.6) is 0 Å². The van der Waals surface area contributed by atoms with E-state index < -0.39 is 0 Å². The highest BCUT2D eigenvalue weighted by Gasteiger charge is 2.04. The van der Waals surface area contributed by atoms with E-state index in [-0.39, 0.29) is 5.95 Å². The topological polar surface area (TPSA) is 91.8 Å². The Labute approximate surface area is 107 Å². The molecule has 0 radical (unpaired) electrons. The van der Waals surface area contributed by atoms with Crippen LogP contribution in [-0.2, 0) is 0 Å². The molecule has 0 spiro atoms. The summed E-state index contributed by atoms with van der Waals surface area (Å²) in [6.45, 7) is 1.71. The van der Waals surface area contributed by atoms with E-state index in [0.29, 0.717) is 10.8 Å². The summed E-state index contributed by atoms with van der Waals surface area (Å²) in [7, 11) is 0. The van der Waals surface area contributed by atoms with Crippen molar-refractivity contribution in [3.05, 3.63) is 51.1 Å². The van der Waals surface area contributed by atoms with Crippen molar-refractivity contribution in [3.63, 3.8) is 0 Å². The molecule has 0 fully saturated rings. The SMILES string of the molecule is Cc1nnc(N=[N+]=[N-])n1/N=C/c1ccc(Cl)cc1. The van der Waals surface area contributed by atoms with Gasteiger partial charge in [-0.05, 0) is 35.3 Å². The van der Waals surface area contributed by atoms with Gasteiger partial charge >= 0.3 is 0 Å². The fraction of sp³-hybridized carbons (Fsp3) is 0.100. The standard InChI is InChI=1S/C10H8ClN7/c1-7-14-15-10(16-17-12)18(7)13-6-8-2-4-9(11)5-3-8/h2-6H,1H3/b13-6+. The minimum atomic E-state index is 0.0974. The molecule has 7 nitrogen and oxygen atoms in total. The molecular formula is C10H8ClN7. The number of aromatic nitrogens is 3. The second kappa shape index (κ2) is 5.31. The normalized spacial score (nSPS) is 10.6. The van der Waals surface area contributed by atoms with Gasteiger partial charge in [0.25, 0.3) is 0 Å². The summed E-state index contributed by atoms with van der Waals surface area (Å²) >= 11 is 5.78. The summed E-state index contributed by atoms with van der Waals surface area (Å²) in [6.07, 6.45) is 1.60. The average molecular weight is 262 g/mol. The van der Waals surface area contributed by atoms with Crippen molar-refractivity contribution in [3.8, 4) is 0 Å². The number of azide groups is 1. The van der Waals surface area contributed by atoms with Crippen LogP contribution in [0.25, 0.3) is 10.4 Å². The predicted molar refractivity (Wildman–Crippen MR) is 68.0 cm³/mol. The highest BCUT2D eigenvalue weighted by molar-refractivity contribution is 6.30. The molecule has 0 bridgehead atoms. The van der Waals surface area contributed by atoms with E-state index in [0.717, 1.165) is 5.56 Å². The summed E-state index contributed by atoms with van der Waals surface area (Å²) < 4.78 is 1.36. The molecular weight excluding hydrogens is 254 g/mol. The number of aryl methyl sites for hydroxylation is 1. The van der Waals surface area contributed by atoms with E-state index in [1.807, 2.05) is 12.1 Å². The van der Waals surface area contributed by atoms with E-state index in [4.69, 9.17) is 17.1 Å². The number of nitrogens with zero attached hydrogens (tertiary/aromatic N) is 7. The number of halogens is 1. The Hall–Kier alpha value is -2.37. The maximum atomic E-state index is 8.38. The van der Waals surface area contributed by atoms with Gasteiger partial charge in [-0.3, -0.25) is 0 Å². The first kappa shape index (κ1) is 12.1. The van der Waals surface area contributed by atoms with Crippen LogP contribution in [0.3, 0.4) is 0 Å². The predicted octanol–water partition coefficient (Wildman–Crippen LogP) is 3.06. The number of benzene rings is 1. The first-order valence-electron chi connectivity index (χ1n) is 4.98. The van der Waals surface area contributed by atoms with Crippen LogP contribution in [0.4, 0.5) is 5.95 Å². The molecule has 0 aliphatic carbocycles. The van der Waals surface area contributed by atoms with Gasteiger partial charge in [0.05, 0.1) is 6.21 Å². The van der Waals surface area contributed by atoms with Gasteiger partial charge in [0.2, 0.25) is 5.95 Å². The highest BCUT2D eigenvalue weighted by Crippen LogP contribution is 2.11. The zero-order valence-corrected chi connectivity index (χ0v) is 10.2. The second-order valence-electron chi connectivity index (χ2n) is 3.34. The van der Waals surface area contributed by atoms with Crippen LogP contribution in [0.1, 0.15) is 11.4 Å². The third kappa shape index (κ3) is 2.65. The van der Waals surface area contributed by atoms with Crippen molar-refractivity contribution in [2.45, 2.75) is 6.92 Å². The van der Waals surface area contributed by atoms with Gasteiger partial charge in [-0.25, -0.2) is 0 Å². The molecule has 0 aliphatic heterocycles. The van der Waals surface area contributed by atoms with Crippen molar-refractivity contribution in [1.82, 2.24) is 14.9 Å². The molecule has 0 saturated carbocycles. The van der Waals surface area contributed by atoms with Crippen molar-refractivity contribution < 1.29 is 0 Å². The van der Waals surface area contributed by atoms with Crippen molar-refractivity contribution in [2.24, 2.45) is 10.2 Å². The molecule has 1 aromatic heterocycles. The zero-order valence-electron chi connectivity index (χ0n) is 9.40. The molecule has 0 saturated heterocycles. The quantitative estimate of drug-likeness (QED) is 0.368. The molecule has 0 unspecified atom stereocenters. The van der Waals surface area contributed by atoms with Crippen molar-refractivity contribution >= 4 is 23.8 Å². The smallest absolute Gasteiger partial charge is 0.195 e. The van der Waals surface area contributed by atoms with E-state index in [9.17, 15) is 0 Å². The Morgan fingerprint density at radius 3 is 2.72 bits per heavy atom. The third-order valence-electron chi connectivity index (χ3n) is 2.11. The van der Waals surface area contributed by atoms with Crippen LogP contribution >= 0.6 is 11.6 Å². The fourth-order valence-electron chi connectivity index (χ4n) is 1.26. The zero-order chi connectivity index (χ0) is 13.0. The van der Waals surface area contributed by atoms with Crippen LogP contribution < -0.4 is 0 Å². The summed E-state index contributed by atoms with van der Waals surface area (Å²) in [5, 5.41) is 15.7. The lowest BCUT2D eigenvalue weighted by atomic mass is 10.2. The Morgan fingerprint density at radius 1 is 1.33 bits per heavy atom. The van der Waals surface area contributed by atoms with Gasteiger partial charge in [0, 0.05) is 9.93 Å². The maximum Gasteiger partial charge on any atom is 0.241 e. The monoisotopic (exact) mass is 261 g/mol. The fourth-order valence-corrected chi connectivity index (χ4v) is 1.38. The van der Waals surface area contributed by atoms with Gasteiger partial charge in [-0.1, -0.05) is 23.7 Å². The molecule has 90 valence electrons. The van der Waals surface area contributed by atoms with Gasteiger partial charge in [0.1, 0.15) is 0 Å². The van der Waals surface area contributed by atoms with E-state index in [1.165, 1.54) is 4.68 Å². The molecule has 0 atom stereocenters. The van der Waals surface area contributed by atoms with Crippen LogP contribution in [0.2, 0.25) is 5.02 Å². The molecule has 2 rings (SSSR count). The van der Waals surface area contributed by atoms with Gasteiger partial charge < -0.3 is 0 Å². The summed E-state index contributed by atoms with van der Waals surface area (Å²) in [5.41, 5.74) is 9.24. The molecule has 18 heavy (non-hydrogen) atoms. The lowest BCUT2D eigenvalue weighted by molar-refractivity contribution is 0.832. The number of hydrogen-bond donors (Lipinski definition) is 0. The van der Waals surface area contributed by atoms with Crippen LogP contribution in [0.15, 0.2) is 34.5 Å². The highest BCUT2D eigenvalue weighted by atomic mass is 35.5. The Morgan fingerprint density at radius 2 is 2.06 bits per heavy atom. The van der Waals surface area contributed by atoms with Gasteiger partial charge in [-0.2, -0.15) is 9.78 Å². The minimum absolute atomic E-state index is 0.0974. The lowest BCUT2D eigenvalue weighted by Crippen LogP contribution is -1.93. The maximum absolute atomic E-state index is 8.38. The largest absolute Gasteiger partial charge is 0.241 e. The number of rotatable bonds is 3. The van der Waals surface area contributed by atoms with E-state index >= 15 is 0 Å². The summed E-state index contributed by atoms with van der Waals surface area (Å²) in [5.74, 6) is 0.628. The Kier molecular flexibility index (Phi) is 3.57. The molecule has 1 aromatic carbocycles. The second-order valence-corrected chi connectivity index (χ2v) is 3.78.